The van der Waals surface area contributed by atoms with Gasteiger partial charge in [-0.2, -0.15) is 0 Å². The second-order valence-corrected chi connectivity index (χ2v) is 8.41. The van der Waals surface area contributed by atoms with Gasteiger partial charge in [0.2, 0.25) is 0 Å². The Morgan fingerprint density at radius 1 is 1.12 bits per heavy atom. The SMILES string of the molecule is CC1=CC2OC(=O)C3(C)OC23CCC(C)=CCCC2(C)OC2CC1. The molecule has 0 aromatic rings. The maximum Gasteiger partial charge on any atom is 0.342 e. The van der Waals surface area contributed by atoms with E-state index in [1.807, 2.05) is 6.92 Å². The molecule has 132 valence electrons. The van der Waals surface area contributed by atoms with Crippen molar-refractivity contribution in [2.45, 2.75) is 95.2 Å². The van der Waals surface area contributed by atoms with Crippen LogP contribution in [0.5, 0.6) is 0 Å². The molecule has 1 spiro atoms. The molecule has 3 aliphatic heterocycles. The molecule has 3 heterocycles. The predicted molar refractivity (Wildman–Crippen MR) is 90.6 cm³/mol. The van der Waals surface area contributed by atoms with Gasteiger partial charge in [0.25, 0.3) is 0 Å². The van der Waals surface area contributed by atoms with Crippen LogP contribution in [0.15, 0.2) is 23.3 Å². The van der Waals surface area contributed by atoms with Crippen LogP contribution in [-0.4, -0.2) is 35.0 Å². The van der Waals surface area contributed by atoms with Crippen molar-refractivity contribution in [3.63, 3.8) is 0 Å². The minimum absolute atomic E-state index is 0.0560. The molecule has 1 aliphatic carbocycles. The number of hydrogen-bond acceptors (Lipinski definition) is 4. The van der Waals surface area contributed by atoms with Crippen molar-refractivity contribution in [2.75, 3.05) is 0 Å². The quantitative estimate of drug-likeness (QED) is 0.384. The Bertz CT molecular complexity index is 636. The van der Waals surface area contributed by atoms with Gasteiger partial charge in [-0.05, 0) is 72.3 Å². The smallest absolute Gasteiger partial charge is 0.342 e. The molecule has 5 unspecified atom stereocenters. The van der Waals surface area contributed by atoms with Crippen molar-refractivity contribution in [1.29, 1.82) is 0 Å². The molecule has 0 aromatic carbocycles. The first kappa shape index (κ1) is 16.3. The normalized spacial score (nSPS) is 48.1. The van der Waals surface area contributed by atoms with Crippen molar-refractivity contribution in [1.82, 2.24) is 0 Å². The highest BCUT2D eigenvalue weighted by atomic mass is 16.7. The van der Waals surface area contributed by atoms with Crippen LogP contribution in [0.2, 0.25) is 0 Å². The number of rotatable bonds is 0. The van der Waals surface area contributed by atoms with E-state index in [0.717, 1.165) is 38.5 Å². The first-order valence-electron chi connectivity index (χ1n) is 9.21. The minimum atomic E-state index is -0.746. The van der Waals surface area contributed by atoms with Crippen LogP contribution in [0, 0.1) is 0 Å². The summed E-state index contributed by atoms with van der Waals surface area (Å²) in [6, 6.07) is 0. The highest BCUT2D eigenvalue weighted by Crippen LogP contribution is 2.60. The lowest BCUT2D eigenvalue weighted by atomic mass is 9.85. The lowest BCUT2D eigenvalue weighted by Gasteiger charge is -2.18. The zero-order valence-electron chi connectivity index (χ0n) is 15.2. The van der Waals surface area contributed by atoms with E-state index in [-0.39, 0.29) is 17.7 Å². The van der Waals surface area contributed by atoms with Crippen molar-refractivity contribution in [3.05, 3.63) is 23.3 Å². The van der Waals surface area contributed by atoms with E-state index in [4.69, 9.17) is 14.2 Å². The van der Waals surface area contributed by atoms with E-state index in [2.05, 4.69) is 32.9 Å². The van der Waals surface area contributed by atoms with E-state index in [1.54, 1.807) is 0 Å². The molecule has 0 aromatic heterocycles. The van der Waals surface area contributed by atoms with Crippen LogP contribution in [-0.2, 0) is 19.0 Å². The van der Waals surface area contributed by atoms with Gasteiger partial charge in [0.1, 0.15) is 5.60 Å². The molecule has 4 rings (SSSR count). The van der Waals surface area contributed by atoms with Gasteiger partial charge in [0.05, 0.1) is 11.7 Å². The highest BCUT2D eigenvalue weighted by Gasteiger charge is 2.80. The van der Waals surface area contributed by atoms with Crippen LogP contribution < -0.4 is 0 Å². The molecular weight excluding hydrogens is 304 g/mol. The average molecular weight is 332 g/mol. The zero-order chi connectivity index (χ0) is 17.2. The number of esters is 1. The molecule has 0 bridgehead atoms. The largest absolute Gasteiger partial charge is 0.453 e. The fourth-order valence-electron chi connectivity index (χ4n) is 4.47. The van der Waals surface area contributed by atoms with E-state index >= 15 is 0 Å². The average Bonchev–Trinajstić information content (AvgIpc) is 3.34. The Hall–Kier alpha value is -1.13. The molecule has 0 saturated carbocycles. The lowest BCUT2D eigenvalue weighted by Crippen LogP contribution is -2.29. The van der Waals surface area contributed by atoms with Gasteiger partial charge in [-0.15, -0.1) is 0 Å². The molecule has 4 nitrogen and oxygen atoms in total. The zero-order valence-corrected chi connectivity index (χ0v) is 15.2. The number of epoxide rings is 2. The van der Waals surface area contributed by atoms with Crippen LogP contribution in [0.4, 0.5) is 0 Å². The molecule has 5 atom stereocenters. The second-order valence-electron chi connectivity index (χ2n) is 8.41. The van der Waals surface area contributed by atoms with Gasteiger partial charge in [-0.25, -0.2) is 4.79 Å². The summed E-state index contributed by atoms with van der Waals surface area (Å²) in [4.78, 5) is 12.2. The fraction of sp³-hybridized carbons (Fsp3) is 0.750. The van der Waals surface area contributed by atoms with E-state index in [9.17, 15) is 4.79 Å². The number of fused-ring (bicyclic) bond motifs is 1. The lowest BCUT2D eigenvalue weighted by molar-refractivity contribution is -0.152. The molecule has 3 saturated heterocycles. The molecule has 4 aliphatic rings. The monoisotopic (exact) mass is 332 g/mol. The first-order chi connectivity index (χ1) is 11.3. The van der Waals surface area contributed by atoms with E-state index < -0.39 is 11.2 Å². The topological polar surface area (TPSA) is 51.4 Å². The van der Waals surface area contributed by atoms with Crippen LogP contribution in [0.25, 0.3) is 0 Å². The summed E-state index contributed by atoms with van der Waals surface area (Å²) < 4.78 is 17.6. The maximum atomic E-state index is 12.2. The highest BCUT2D eigenvalue weighted by molar-refractivity contribution is 5.88. The van der Waals surface area contributed by atoms with Gasteiger partial charge in [-0.3, -0.25) is 0 Å². The van der Waals surface area contributed by atoms with E-state index in [1.165, 1.54) is 11.1 Å². The van der Waals surface area contributed by atoms with Gasteiger partial charge in [0, 0.05) is 0 Å². The Morgan fingerprint density at radius 2 is 1.92 bits per heavy atom. The van der Waals surface area contributed by atoms with Crippen molar-refractivity contribution < 1.29 is 19.0 Å². The molecular formula is C20H28O4. The number of hydrogen-bond donors (Lipinski definition) is 0. The van der Waals surface area contributed by atoms with Crippen LogP contribution >= 0.6 is 0 Å². The summed E-state index contributed by atoms with van der Waals surface area (Å²) in [5.41, 5.74) is 1.47. The number of carbonyl (C=O) groups is 1. The van der Waals surface area contributed by atoms with Crippen molar-refractivity contribution >= 4 is 5.97 Å². The Kier molecular flexibility index (Phi) is 3.53. The summed E-state index contributed by atoms with van der Waals surface area (Å²) in [6.45, 7) is 8.40. The number of allylic oxidation sites excluding steroid dienone is 3. The van der Waals surface area contributed by atoms with Gasteiger partial charge in [0.15, 0.2) is 11.7 Å². The minimum Gasteiger partial charge on any atom is -0.453 e. The summed E-state index contributed by atoms with van der Waals surface area (Å²) in [6.07, 6.45) is 10.5. The van der Waals surface area contributed by atoms with E-state index in [0.29, 0.717) is 6.10 Å². The van der Waals surface area contributed by atoms with Gasteiger partial charge >= 0.3 is 5.97 Å². The van der Waals surface area contributed by atoms with Gasteiger partial charge in [-0.1, -0.05) is 17.2 Å². The third-order valence-corrected chi connectivity index (χ3v) is 6.53. The summed E-state index contributed by atoms with van der Waals surface area (Å²) in [5.74, 6) is -0.208. The van der Waals surface area contributed by atoms with Crippen LogP contribution in [0.1, 0.15) is 66.2 Å². The first-order valence-corrected chi connectivity index (χ1v) is 9.21. The van der Waals surface area contributed by atoms with Crippen molar-refractivity contribution in [2.24, 2.45) is 0 Å². The van der Waals surface area contributed by atoms with Crippen LogP contribution in [0.3, 0.4) is 0 Å². The predicted octanol–water partition coefficient (Wildman–Crippen LogP) is 3.84. The third kappa shape index (κ3) is 2.38. The molecule has 0 amide bonds. The fourth-order valence-corrected chi connectivity index (χ4v) is 4.47. The van der Waals surface area contributed by atoms with Gasteiger partial charge < -0.3 is 14.2 Å². The summed E-state index contributed by atoms with van der Waals surface area (Å²) in [7, 11) is 0. The summed E-state index contributed by atoms with van der Waals surface area (Å²) >= 11 is 0. The standard InChI is InChI=1S/C20H28O4/c1-13-6-5-10-18(3)15(23-18)8-7-14(2)12-16-20(11-9-13)19(4,24-20)17(21)22-16/h6,12,15-16H,5,7-11H2,1-4H3. The Morgan fingerprint density at radius 3 is 2.67 bits per heavy atom. The van der Waals surface area contributed by atoms with Crippen molar-refractivity contribution in [3.8, 4) is 0 Å². The summed E-state index contributed by atoms with van der Waals surface area (Å²) in [5, 5.41) is 0. The second kappa shape index (κ2) is 5.18. The molecule has 24 heavy (non-hydrogen) atoms. The molecule has 0 N–H and O–H groups in total. The maximum absolute atomic E-state index is 12.2. The Balaban J connectivity index is 1.58. The molecule has 4 heteroatoms. The third-order valence-electron chi connectivity index (χ3n) is 6.53. The molecule has 3 fully saturated rings. The molecule has 0 radical (unpaired) electrons. The number of carbonyl (C=O) groups excluding carboxylic acids is 1. The number of ether oxygens (including phenoxy) is 3. The Labute approximate surface area is 144 Å².